The second-order valence-corrected chi connectivity index (χ2v) is 3.45. The molecule has 7 nitrogen and oxygen atoms in total. The van der Waals surface area contributed by atoms with Gasteiger partial charge in [0.15, 0.2) is 11.9 Å². The normalized spacial score (nSPS) is 8.11. The first-order chi connectivity index (χ1) is 8.34. The van der Waals surface area contributed by atoms with Crippen LogP contribution >= 0.6 is 12.4 Å². The van der Waals surface area contributed by atoms with E-state index in [1.54, 1.807) is 44.4 Å². The lowest BCUT2D eigenvalue weighted by Crippen LogP contribution is -2.42. The fraction of sp³-hybridized carbons (Fsp3) is 0.182. The zero-order valence-electron chi connectivity index (χ0n) is 10.7. The lowest BCUT2D eigenvalue weighted by Gasteiger charge is -2.13. The summed E-state index contributed by atoms with van der Waals surface area (Å²) in [5, 5.41) is 24.5. The molecule has 1 rings (SSSR count). The number of guanidine groups is 2. The van der Waals surface area contributed by atoms with Crippen LogP contribution in [0.5, 0.6) is 0 Å². The number of nitrogens with one attached hydrogen (secondary N) is 3. The minimum atomic E-state index is -0.879. The van der Waals surface area contributed by atoms with Crippen molar-refractivity contribution in [2.45, 2.75) is 0 Å². The molecular weight excluding hydrogens is 270 g/mol. The summed E-state index contributed by atoms with van der Waals surface area (Å²) >= 11 is 0. The molecule has 0 fully saturated rings. The highest BCUT2D eigenvalue weighted by atomic mass is 35.5. The molecule has 0 spiro atoms. The molecule has 0 aliphatic rings. The highest BCUT2D eigenvalue weighted by molar-refractivity contribution is 5.94. The van der Waals surface area contributed by atoms with Crippen molar-refractivity contribution in [2.24, 2.45) is 5.73 Å². The van der Waals surface area contributed by atoms with Crippen molar-refractivity contribution in [3.05, 3.63) is 35.9 Å². The molecule has 106 valence electrons. The molecule has 0 atom stereocenters. The third-order valence-electron chi connectivity index (χ3n) is 1.72. The first kappa shape index (κ1) is 19.1. The van der Waals surface area contributed by atoms with Gasteiger partial charge in [-0.05, 0) is 12.1 Å². The van der Waals surface area contributed by atoms with Crippen LogP contribution < -0.4 is 11.1 Å². The second kappa shape index (κ2) is 9.72. The van der Waals surface area contributed by atoms with E-state index >= 15 is 0 Å². The van der Waals surface area contributed by atoms with Gasteiger partial charge in [-0.1, -0.05) is 18.2 Å². The van der Waals surface area contributed by atoms with Gasteiger partial charge in [-0.2, -0.15) is 0 Å². The molecule has 0 saturated carbocycles. The molecule has 1 aromatic carbocycles. The fourth-order valence-corrected chi connectivity index (χ4v) is 0.820. The summed E-state index contributed by atoms with van der Waals surface area (Å²) in [7, 11) is 3.39. The lowest BCUT2D eigenvalue weighted by atomic mass is 10.2. The van der Waals surface area contributed by atoms with Crippen molar-refractivity contribution < 1.29 is 9.90 Å². The summed E-state index contributed by atoms with van der Waals surface area (Å²) in [6.07, 6.45) is 0. The van der Waals surface area contributed by atoms with Crippen LogP contribution in [0.4, 0.5) is 0 Å². The van der Waals surface area contributed by atoms with E-state index in [1.165, 1.54) is 4.90 Å². The number of hydrogen-bond donors (Lipinski definition) is 5. The maximum absolute atomic E-state index is 10.2. The summed E-state index contributed by atoms with van der Waals surface area (Å²) in [6, 6.07) is 8.30. The Bertz CT molecular complexity index is 422. The Morgan fingerprint density at radius 1 is 1.26 bits per heavy atom. The van der Waals surface area contributed by atoms with Gasteiger partial charge < -0.3 is 15.7 Å². The van der Waals surface area contributed by atoms with Gasteiger partial charge in [0.2, 0.25) is 0 Å². The molecule has 6 N–H and O–H groups in total. The van der Waals surface area contributed by atoms with E-state index in [0.29, 0.717) is 5.56 Å². The largest absolute Gasteiger partial charge is 0.478 e. The summed E-state index contributed by atoms with van der Waals surface area (Å²) in [6.45, 7) is 0. The van der Waals surface area contributed by atoms with E-state index in [-0.39, 0.29) is 24.3 Å². The quantitative estimate of drug-likeness (QED) is 0.385. The predicted octanol–water partition coefficient (Wildman–Crippen LogP) is 0.772. The fourth-order valence-electron chi connectivity index (χ4n) is 0.820. The van der Waals surface area contributed by atoms with Crippen molar-refractivity contribution in [1.82, 2.24) is 10.2 Å². The van der Waals surface area contributed by atoms with E-state index < -0.39 is 5.97 Å². The molecule has 0 radical (unpaired) electrons. The van der Waals surface area contributed by atoms with Crippen molar-refractivity contribution in [3.8, 4) is 0 Å². The zero-order valence-corrected chi connectivity index (χ0v) is 11.5. The molecule has 0 amide bonds. The smallest absolute Gasteiger partial charge is 0.335 e. The molecule has 0 aliphatic carbocycles. The summed E-state index contributed by atoms with van der Waals surface area (Å²) in [5.74, 6) is -0.980. The number of carboxylic acids is 1. The van der Waals surface area contributed by atoms with Crippen LogP contribution in [0, 0.1) is 10.8 Å². The maximum Gasteiger partial charge on any atom is 0.335 e. The number of rotatable bonds is 1. The Morgan fingerprint density at radius 3 is 1.95 bits per heavy atom. The molecular formula is C11H18ClN5O2. The number of benzene rings is 1. The third-order valence-corrected chi connectivity index (χ3v) is 1.72. The molecule has 0 unspecified atom stereocenters. The van der Waals surface area contributed by atoms with Gasteiger partial charge in [0, 0.05) is 14.1 Å². The van der Waals surface area contributed by atoms with Gasteiger partial charge in [-0.3, -0.25) is 16.1 Å². The van der Waals surface area contributed by atoms with E-state index in [1.807, 2.05) is 0 Å². The first-order valence-corrected chi connectivity index (χ1v) is 5.00. The molecule has 8 heteroatoms. The minimum absolute atomic E-state index is 0. The number of halogens is 1. The van der Waals surface area contributed by atoms with Gasteiger partial charge in [0.05, 0.1) is 5.56 Å². The Kier molecular flexibility index (Phi) is 9.76. The van der Waals surface area contributed by atoms with Gasteiger partial charge >= 0.3 is 5.97 Å². The molecule has 0 heterocycles. The topological polar surface area (TPSA) is 126 Å². The Labute approximate surface area is 117 Å². The molecule has 0 bridgehead atoms. The maximum atomic E-state index is 10.2. The van der Waals surface area contributed by atoms with Crippen LogP contribution in [0.25, 0.3) is 0 Å². The van der Waals surface area contributed by atoms with Gasteiger partial charge in [0.1, 0.15) is 0 Å². The Balaban J connectivity index is 0. The van der Waals surface area contributed by atoms with Crippen LogP contribution in [0.2, 0.25) is 0 Å². The van der Waals surface area contributed by atoms with Crippen molar-refractivity contribution in [1.29, 1.82) is 10.8 Å². The number of carboxylic acid groups (broad SMARTS) is 1. The molecule has 19 heavy (non-hydrogen) atoms. The van der Waals surface area contributed by atoms with E-state index in [0.717, 1.165) is 0 Å². The highest BCUT2D eigenvalue weighted by Crippen LogP contribution is 1.96. The van der Waals surface area contributed by atoms with Crippen LogP contribution in [0.1, 0.15) is 10.4 Å². The number of nitrogens with zero attached hydrogens (tertiary/aromatic N) is 1. The molecule has 1 aromatic rings. The Hall–Kier alpha value is -2.28. The van der Waals surface area contributed by atoms with Gasteiger partial charge in [0.25, 0.3) is 0 Å². The second-order valence-electron chi connectivity index (χ2n) is 3.45. The molecule has 0 saturated heterocycles. The van der Waals surface area contributed by atoms with Crippen LogP contribution in [-0.4, -0.2) is 42.0 Å². The zero-order chi connectivity index (χ0) is 14.1. The average molecular weight is 288 g/mol. The van der Waals surface area contributed by atoms with Crippen LogP contribution in [0.3, 0.4) is 0 Å². The van der Waals surface area contributed by atoms with Crippen molar-refractivity contribution in [3.63, 3.8) is 0 Å². The first-order valence-electron chi connectivity index (χ1n) is 5.00. The van der Waals surface area contributed by atoms with E-state index in [4.69, 9.17) is 21.7 Å². The third kappa shape index (κ3) is 9.42. The average Bonchev–Trinajstić information content (AvgIpc) is 2.30. The SMILES string of the molecule is CN(C)C(=N)NC(=N)N.Cl.O=C(O)c1ccccc1. The summed E-state index contributed by atoms with van der Waals surface area (Å²) in [5.41, 5.74) is 5.27. The highest BCUT2D eigenvalue weighted by Gasteiger charge is 1.97. The number of nitrogens with two attached hydrogens (primary N) is 1. The predicted molar refractivity (Wildman–Crippen MR) is 77.1 cm³/mol. The number of hydrogen-bond acceptors (Lipinski definition) is 3. The van der Waals surface area contributed by atoms with Crippen LogP contribution in [-0.2, 0) is 0 Å². The number of aromatic carboxylic acids is 1. The van der Waals surface area contributed by atoms with Gasteiger partial charge in [-0.25, -0.2) is 4.79 Å². The van der Waals surface area contributed by atoms with Crippen LogP contribution in [0.15, 0.2) is 30.3 Å². The number of carbonyl (C=O) groups is 1. The summed E-state index contributed by atoms with van der Waals surface area (Å²) < 4.78 is 0. The lowest BCUT2D eigenvalue weighted by molar-refractivity contribution is 0.0697. The molecule has 0 aromatic heterocycles. The van der Waals surface area contributed by atoms with Gasteiger partial charge in [-0.15, -0.1) is 12.4 Å². The van der Waals surface area contributed by atoms with E-state index in [2.05, 4.69) is 5.32 Å². The summed E-state index contributed by atoms with van der Waals surface area (Å²) in [4.78, 5) is 11.7. The molecule has 0 aliphatic heterocycles. The van der Waals surface area contributed by atoms with Crippen molar-refractivity contribution >= 4 is 30.3 Å². The monoisotopic (exact) mass is 287 g/mol. The minimum Gasteiger partial charge on any atom is -0.478 e. The Morgan fingerprint density at radius 2 is 1.74 bits per heavy atom. The van der Waals surface area contributed by atoms with E-state index in [9.17, 15) is 4.79 Å². The standard InChI is InChI=1S/C7H6O2.C4H11N5.ClH/c8-7(9)6-4-2-1-3-5-6;1-9(2)4(7)8-3(5)6;/h1-5H,(H,8,9);1-2H3,(H5,5,6,7,8);1H. The van der Waals surface area contributed by atoms with Crippen molar-refractivity contribution in [2.75, 3.05) is 14.1 Å².